The van der Waals surface area contributed by atoms with Crippen LogP contribution in [0.25, 0.3) is 0 Å². The second kappa shape index (κ2) is 8.66. The van der Waals surface area contributed by atoms with E-state index in [0.717, 1.165) is 19.3 Å². The molecule has 162 valence electrons. The molecule has 0 bridgehead atoms. The Hall–Kier alpha value is -1.94. The van der Waals surface area contributed by atoms with E-state index in [1.54, 1.807) is 6.07 Å². The Labute approximate surface area is 181 Å². The third kappa shape index (κ3) is 4.25. The van der Waals surface area contributed by atoms with Gasteiger partial charge in [-0.3, -0.25) is 4.79 Å². The molecule has 2 heterocycles. The lowest BCUT2D eigenvalue weighted by molar-refractivity contribution is 0.0730. The van der Waals surface area contributed by atoms with E-state index >= 15 is 0 Å². The fourth-order valence-corrected chi connectivity index (χ4v) is 6.42. The van der Waals surface area contributed by atoms with E-state index in [-0.39, 0.29) is 10.8 Å². The number of morpholine rings is 1. The number of ether oxygens (including phenoxy) is 2. The van der Waals surface area contributed by atoms with Crippen LogP contribution in [0.1, 0.15) is 33.5 Å². The van der Waals surface area contributed by atoms with E-state index in [1.165, 1.54) is 45.3 Å². The van der Waals surface area contributed by atoms with Crippen LogP contribution < -0.4 is 10.1 Å². The number of hydrogen-bond acceptors (Lipinski definition) is 6. The summed E-state index contributed by atoms with van der Waals surface area (Å²) in [6.45, 7) is 3.61. The zero-order chi connectivity index (χ0) is 21.3. The number of methoxy groups -OCH3 is 1. The highest BCUT2D eigenvalue weighted by Crippen LogP contribution is 2.34. The van der Waals surface area contributed by atoms with Crippen molar-refractivity contribution in [2.24, 2.45) is 5.92 Å². The molecule has 2 aromatic rings. The van der Waals surface area contributed by atoms with Crippen LogP contribution in [-0.2, 0) is 27.6 Å². The van der Waals surface area contributed by atoms with Gasteiger partial charge in [0.1, 0.15) is 5.75 Å². The fraction of sp³-hybridized carbons (Fsp3) is 0.476. The minimum absolute atomic E-state index is 0.125. The molecule has 0 radical (unpaired) electrons. The van der Waals surface area contributed by atoms with Crippen LogP contribution in [0.4, 0.5) is 5.69 Å². The molecule has 9 heteroatoms. The summed E-state index contributed by atoms with van der Waals surface area (Å²) in [5, 5.41) is 2.85. The van der Waals surface area contributed by atoms with Crippen LogP contribution in [0.5, 0.6) is 5.75 Å². The Morgan fingerprint density at radius 1 is 1.27 bits per heavy atom. The summed E-state index contributed by atoms with van der Waals surface area (Å²) >= 11 is 1.52. The van der Waals surface area contributed by atoms with Gasteiger partial charge in [0.15, 0.2) is 0 Å². The molecule has 1 aromatic heterocycles. The molecule has 2 aliphatic rings. The number of aryl methyl sites for hydroxylation is 1. The van der Waals surface area contributed by atoms with Crippen molar-refractivity contribution in [2.45, 2.75) is 31.1 Å². The van der Waals surface area contributed by atoms with Gasteiger partial charge in [-0.2, -0.15) is 4.31 Å². The van der Waals surface area contributed by atoms with Crippen molar-refractivity contribution in [1.29, 1.82) is 0 Å². The molecule has 0 saturated carbocycles. The van der Waals surface area contributed by atoms with Gasteiger partial charge in [-0.1, -0.05) is 6.92 Å². The van der Waals surface area contributed by atoms with E-state index in [9.17, 15) is 13.2 Å². The molecule has 1 aliphatic carbocycles. The third-order valence-electron chi connectivity index (χ3n) is 5.58. The van der Waals surface area contributed by atoms with Gasteiger partial charge in [-0.15, -0.1) is 11.3 Å². The highest BCUT2D eigenvalue weighted by Gasteiger charge is 2.28. The molecule has 7 nitrogen and oxygen atoms in total. The summed E-state index contributed by atoms with van der Waals surface area (Å²) in [7, 11) is -2.18. The molecule has 1 atom stereocenters. The number of amides is 1. The summed E-state index contributed by atoms with van der Waals surface area (Å²) in [6, 6.07) is 6.51. The standard InChI is InChI=1S/C21H26N2O5S2/c1-14-3-6-19-15(11-14)12-20(29-19)21(24)22-17-13-16(4-5-18(17)27-2)30(25,26)23-7-9-28-10-8-23/h4-5,12-14H,3,6-11H2,1-2H3,(H,22,24). The van der Waals surface area contributed by atoms with Gasteiger partial charge in [0.2, 0.25) is 10.0 Å². The Kier molecular flexibility index (Phi) is 6.15. The summed E-state index contributed by atoms with van der Waals surface area (Å²) in [4.78, 5) is 14.9. The van der Waals surface area contributed by atoms with Gasteiger partial charge >= 0.3 is 0 Å². The highest BCUT2D eigenvalue weighted by molar-refractivity contribution is 7.89. The largest absolute Gasteiger partial charge is 0.495 e. The smallest absolute Gasteiger partial charge is 0.265 e. The number of nitrogens with one attached hydrogen (secondary N) is 1. The number of hydrogen-bond donors (Lipinski definition) is 1. The van der Waals surface area contributed by atoms with Crippen LogP contribution >= 0.6 is 11.3 Å². The maximum atomic E-state index is 13.0. The summed E-state index contributed by atoms with van der Waals surface area (Å²) in [5.74, 6) is 0.797. The molecule has 1 N–H and O–H groups in total. The Balaban J connectivity index is 1.59. The number of thiophene rings is 1. The van der Waals surface area contributed by atoms with E-state index in [2.05, 4.69) is 12.2 Å². The Morgan fingerprint density at radius 2 is 2.03 bits per heavy atom. The van der Waals surface area contributed by atoms with E-state index in [4.69, 9.17) is 9.47 Å². The zero-order valence-electron chi connectivity index (χ0n) is 17.1. The monoisotopic (exact) mass is 450 g/mol. The first-order chi connectivity index (χ1) is 14.4. The fourth-order valence-electron chi connectivity index (χ4n) is 3.88. The van der Waals surface area contributed by atoms with E-state index in [0.29, 0.717) is 48.5 Å². The number of carbonyl (C=O) groups is 1. The first-order valence-corrected chi connectivity index (χ1v) is 12.3. The second-order valence-corrected chi connectivity index (χ2v) is 10.8. The van der Waals surface area contributed by atoms with E-state index in [1.807, 2.05) is 6.07 Å². The number of carbonyl (C=O) groups excluding carboxylic acids is 1. The van der Waals surface area contributed by atoms with Gasteiger partial charge in [0, 0.05) is 18.0 Å². The molecule has 1 unspecified atom stereocenters. The molecule has 4 rings (SSSR count). The van der Waals surface area contributed by atoms with E-state index < -0.39 is 10.0 Å². The van der Waals surface area contributed by atoms with Gasteiger partial charge in [-0.05, 0) is 55.0 Å². The summed E-state index contributed by atoms with van der Waals surface area (Å²) in [5.41, 5.74) is 1.59. The predicted octanol–water partition coefficient (Wildman–Crippen LogP) is 3.15. The highest BCUT2D eigenvalue weighted by atomic mass is 32.2. The lowest BCUT2D eigenvalue weighted by Gasteiger charge is -2.26. The minimum Gasteiger partial charge on any atom is -0.495 e. The molecule has 1 aliphatic heterocycles. The average Bonchev–Trinajstić information content (AvgIpc) is 3.17. The molecular formula is C21H26N2O5S2. The van der Waals surface area contributed by atoms with Crippen molar-refractivity contribution in [2.75, 3.05) is 38.7 Å². The minimum atomic E-state index is -3.67. The molecule has 1 aromatic carbocycles. The SMILES string of the molecule is COc1ccc(S(=O)(=O)N2CCOCC2)cc1NC(=O)c1cc2c(s1)CCC(C)C2. The molecule has 1 fully saturated rings. The predicted molar refractivity (Wildman–Crippen MR) is 116 cm³/mol. The van der Waals surface area contributed by atoms with Crippen LogP contribution in [0.3, 0.4) is 0 Å². The van der Waals surface area contributed by atoms with Crippen LogP contribution in [0.2, 0.25) is 0 Å². The molecular weight excluding hydrogens is 424 g/mol. The number of rotatable bonds is 5. The lowest BCUT2D eigenvalue weighted by atomic mass is 9.90. The zero-order valence-corrected chi connectivity index (χ0v) is 18.8. The third-order valence-corrected chi connectivity index (χ3v) is 8.71. The van der Waals surface area contributed by atoms with Gasteiger partial charge < -0.3 is 14.8 Å². The molecule has 30 heavy (non-hydrogen) atoms. The van der Waals surface area contributed by atoms with Gasteiger partial charge in [0.05, 0.1) is 35.8 Å². The first-order valence-electron chi connectivity index (χ1n) is 10.1. The quantitative estimate of drug-likeness (QED) is 0.756. The van der Waals surface area contributed by atoms with Gasteiger partial charge in [-0.25, -0.2) is 8.42 Å². The average molecular weight is 451 g/mol. The number of anilines is 1. The number of fused-ring (bicyclic) bond motifs is 1. The Bertz CT molecular complexity index is 1040. The first kappa shape index (κ1) is 21.3. The van der Waals surface area contributed by atoms with Crippen molar-refractivity contribution in [1.82, 2.24) is 4.31 Å². The summed E-state index contributed by atoms with van der Waals surface area (Å²) in [6.07, 6.45) is 3.14. The summed E-state index contributed by atoms with van der Waals surface area (Å²) < 4.78 is 38.0. The number of sulfonamides is 1. The Morgan fingerprint density at radius 3 is 2.77 bits per heavy atom. The van der Waals surface area contributed by atoms with Crippen LogP contribution in [0.15, 0.2) is 29.2 Å². The number of benzene rings is 1. The maximum Gasteiger partial charge on any atom is 0.265 e. The van der Waals surface area contributed by atoms with Crippen LogP contribution in [0, 0.1) is 5.92 Å². The van der Waals surface area contributed by atoms with Crippen LogP contribution in [-0.4, -0.2) is 52.0 Å². The topological polar surface area (TPSA) is 84.9 Å². The maximum absolute atomic E-state index is 13.0. The molecule has 0 spiro atoms. The van der Waals surface area contributed by atoms with Crippen molar-refractivity contribution in [3.05, 3.63) is 39.6 Å². The normalized spacial score (nSPS) is 19.9. The number of nitrogens with zero attached hydrogens (tertiary/aromatic N) is 1. The second-order valence-electron chi connectivity index (χ2n) is 7.74. The molecule has 1 amide bonds. The van der Waals surface area contributed by atoms with Crippen molar-refractivity contribution in [3.63, 3.8) is 0 Å². The lowest BCUT2D eigenvalue weighted by Crippen LogP contribution is -2.40. The van der Waals surface area contributed by atoms with Crippen molar-refractivity contribution < 1.29 is 22.7 Å². The van der Waals surface area contributed by atoms with Gasteiger partial charge in [0.25, 0.3) is 5.91 Å². The van der Waals surface area contributed by atoms with Crippen molar-refractivity contribution >= 4 is 33.0 Å². The molecule has 1 saturated heterocycles. The van der Waals surface area contributed by atoms with Crippen molar-refractivity contribution in [3.8, 4) is 5.75 Å².